The van der Waals surface area contributed by atoms with Crippen LogP contribution in [0.4, 0.5) is 0 Å². The number of imide groups is 1. The third-order valence-corrected chi connectivity index (χ3v) is 7.41. The minimum Gasteiger partial charge on any atom is -0.374 e. The van der Waals surface area contributed by atoms with Crippen LogP contribution in [0.5, 0.6) is 0 Å². The Hall–Kier alpha value is -2.55. The summed E-state index contributed by atoms with van der Waals surface area (Å²) in [6.45, 7) is 7.90. The van der Waals surface area contributed by atoms with Gasteiger partial charge in [-0.1, -0.05) is 18.2 Å². The van der Waals surface area contributed by atoms with Gasteiger partial charge < -0.3 is 5.11 Å². The number of benzene rings is 1. The number of aliphatic hydroxyl groups excluding tert-OH is 1. The number of amides is 2. The Morgan fingerprint density at radius 2 is 1.94 bits per heavy atom. The van der Waals surface area contributed by atoms with E-state index in [1.165, 1.54) is 11.3 Å². The molecule has 2 aromatic rings. The number of rotatable bonds is 5. The lowest BCUT2D eigenvalue weighted by Crippen LogP contribution is -2.51. The maximum Gasteiger partial charge on any atom is 0.244 e. The second kappa shape index (κ2) is 9.00. The van der Waals surface area contributed by atoms with Gasteiger partial charge in [-0.15, -0.1) is 0 Å². The SMILES string of the molecule is CC(C)n1nccc1CN1CCC(c2ccc3c(c2)CN(C2CCC(=O)NC2=O)C3O)CC1. The largest absolute Gasteiger partial charge is 0.374 e. The molecule has 176 valence electrons. The number of aliphatic hydroxyl groups is 1. The van der Waals surface area contributed by atoms with E-state index in [-0.39, 0.29) is 11.8 Å². The molecule has 3 aliphatic heterocycles. The zero-order valence-corrected chi connectivity index (χ0v) is 19.4. The fraction of sp³-hybridized carbons (Fsp3) is 0.560. The number of likely N-dealkylation sites (tertiary alicyclic amines) is 1. The van der Waals surface area contributed by atoms with Crippen molar-refractivity contribution < 1.29 is 14.7 Å². The minimum absolute atomic E-state index is 0.232. The van der Waals surface area contributed by atoms with Crippen LogP contribution in [0.15, 0.2) is 30.5 Å². The smallest absolute Gasteiger partial charge is 0.244 e. The fourth-order valence-electron chi connectivity index (χ4n) is 5.59. The van der Waals surface area contributed by atoms with Gasteiger partial charge in [0.15, 0.2) is 0 Å². The topological polar surface area (TPSA) is 90.7 Å². The summed E-state index contributed by atoms with van der Waals surface area (Å²) in [4.78, 5) is 28.1. The van der Waals surface area contributed by atoms with Gasteiger partial charge in [0.05, 0.1) is 11.7 Å². The van der Waals surface area contributed by atoms with Crippen LogP contribution in [0.1, 0.15) is 80.1 Å². The first-order valence-corrected chi connectivity index (χ1v) is 12.1. The van der Waals surface area contributed by atoms with Crippen molar-refractivity contribution in [1.82, 2.24) is 24.9 Å². The van der Waals surface area contributed by atoms with Crippen molar-refractivity contribution in [3.8, 4) is 0 Å². The summed E-state index contributed by atoms with van der Waals surface area (Å²) in [5.74, 6) is -0.0300. The highest BCUT2D eigenvalue weighted by atomic mass is 16.3. The quantitative estimate of drug-likeness (QED) is 0.679. The third kappa shape index (κ3) is 4.35. The molecule has 2 N–H and O–H groups in total. The lowest BCUT2D eigenvalue weighted by atomic mass is 9.88. The first kappa shape index (κ1) is 22.3. The van der Waals surface area contributed by atoms with E-state index in [4.69, 9.17) is 0 Å². The van der Waals surface area contributed by atoms with Gasteiger partial charge in [-0.2, -0.15) is 5.10 Å². The molecule has 0 saturated carbocycles. The van der Waals surface area contributed by atoms with Crippen molar-refractivity contribution in [2.75, 3.05) is 13.1 Å². The van der Waals surface area contributed by atoms with Crippen LogP contribution in [0.2, 0.25) is 0 Å². The van der Waals surface area contributed by atoms with Crippen molar-refractivity contribution >= 4 is 11.8 Å². The molecule has 2 saturated heterocycles. The molecule has 2 atom stereocenters. The average Bonchev–Trinajstić information content (AvgIpc) is 3.39. The highest BCUT2D eigenvalue weighted by Gasteiger charge is 2.40. The Balaban J connectivity index is 1.22. The van der Waals surface area contributed by atoms with Crippen LogP contribution in [0.3, 0.4) is 0 Å². The lowest BCUT2D eigenvalue weighted by molar-refractivity contribution is -0.141. The molecular weight excluding hydrogens is 418 g/mol. The molecule has 4 heterocycles. The Morgan fingerprint density at radius 1 is 1.15 bits per heavy atom. The Bertz CT molecular complexity index is 1040. The van der Waals surface area contributed by atoms with Gasteiger partial charge in [0.2, 0.25) is 11.8 Å². The molecule has 0 radical (unpaired) electrons. The number of piperidine rings is 2. The van der Waals surface area contributed by atoms with Gasteiger partial charge in [0, 0.05) is 31.7 Å². The number of carbonyl (C=O) groups excluding carboxylic acids is 2. The molecule has 1 aromatic heterocycles. The summed E-state index contributed by atoms with van der Waals surface area (Å²) in [6.07, 6.45) is 4.07. The molecule has 0 aliphatic carbocycles. The fourth-order valence-corrected chi connectivity index (χ4v) is 5.59. The first-order valence-electron chi connectivity index (χ1n) is 12.1. The predicted molar refractivity (Wildman–Crippen MR) is 123 cm³/mol. The van der Waals surface area contributed by atoms with E-state index in [0.29, 0.717) is 31.3 Å². The molecule has 3 aliphatic rings. The number of nitrogens with zero attached hydrogens (tertiary/aromatic N) is 4. The standard InChI is InChI=1S/C25H33N5O3/c1-16(2)30-20(7-10-26-30)15-28-11-8-17(9-12-28)18-3-4-21-19(13-18)14-29(25(21)33)22-5-6-23(31)27-24(22)32/h3-4,7,10,13,16-17,22,25,33H,5-6,8-9,11-12,14-15H2,1-2H3,(H,27,31,32). The van der Waals surface area contributed by atoms with E-state index in [9.17, 15) is 14.7 Å². The summed E-state index contributed by atoms with van der Waals surface area (Å²) in [5.41, 5.74) is 4.55. The van der Waals surface area contributed by atoms with E-state index >= 15 is 0 Å². The summed E-state index contributed by atoms with van der Waals surface area (Å²) >= 11 is 0. The second-order valence-corrected chi connectivity index (χ2v) is 9.88. The normalized spacial score (nSPS) is 25.0. The molecule has 8 nitrogen and oxygen atoms in total. The van der Waals surface area contributed by atoms with Crippen LogP contribution < -0.4 is 5.32 Å². The van der Waals surface area contributed by atoms with Crippen LogP contribution in [-0.2, 0) is 22.7 Å². The van der Waals surface area contributed by atoms with Crippen LogP contribution in [0.25, 0.3) is 0 Å². The van der Waals surface area contributed by atoms with Crippen LogP contribution in [-0.4, -0.2) is 55.6 Å². The zero-order valence-electron chi connectivity index (χ0n) is 19.4. The Morgan fingerprint density at radius 3 is 2.67 bits per heavy atom. The van der Waals surface area contributed by atoms with E-state index in [1.54, 1.807) is 0 Å². The molecule has 2 unspecified atom stereocenters. The molecule has 8 heteroatoms. The molecule has 0 bridgehead atoms. The molecule has 5 rings (SSSR count). The number of nitrogens with one attached hydrogen (secondary N) is 1. The van der Waals surface area contributed by atoms with Crippen molar-refractivity contribution in [3.05, 3.63) is 52.8 Å². The van der Waals surface area contributed by atoms with Gasteiger partial charge >= 0.3 is 0 Å². The minimum atomic E-state index is -0.800. The molecule has 2 fully saturated rings. The van der Waals surface area contributed by atoms with Crippen LogP contribution in [0, 0.1) is 0 Å². The summed E-state index contributed by atoms with van der Waals surface area (Å²) in [7, 11) is 0. The monoisotopic (exact) mass is 451 g/mol. The third-order valence-electron chi connectivity index (χ3n) is 7.41. The van der Waals surface area contributed by atoms with Crippen LogP contribution >= 0.6 is 0 Å². The lowest BCUT2D eigenvalue weighted by Gasteiger charge is -2.32. The molecular formula is C25H33N5O3. The zero-order chi connectivity index (χ0) is 23.1. The molecule has 1 aromatic carbocycles. The summed E-state index contributed by atoms with van der Waals surface area (Å²) in [5, 5.41) is 17.7. The number of hydrogen-bond acceptors (Lipinski definition) is 6. The van der Waals surface area contributed by atoms with Crippen molar-refractivity contribution in [3.63, 3.8) is 0 Å². The highest BCUT2D eigenvalue weighted by molar-refractivity contribution is 6.00. The van der Waals surface area contributed by atoms with Gasteiger partial charge in [-0.25, -0.2) is 0 Å². The number of hydrogen-bond donors (Lipinski definition) is 2. The first-order chi connectivity index (χ1) is 15.9. The molecule has 2 amide bonds. The average molecular weight is 452 g/mol. The Kier molecular flexibility index (Phi) is 6.07. The van der Waals surface area contributed by atoms with Gasteiger partial charge in [0.25, 0.3) is 0 Å². The second-order valence-electron chi connectivity index (χ2n) is 9.88. The van der Waals surface area contributed by atoms with E-state index in [2.05, 4.69) is 52.0 Å². The van der Waals surface area contributed by atoms with Crippen molar-refractivity contribution in [2.24, 2.45) is 0 Å². The maximum absolute atomic E-state index is 12.3. The van der Waals surface area contributed by atoms with Gasteiger partial charge in [-0.3, -0.25) is 29.4 Å². The predicted octanol–water partition coefficient (Wildman–Crippen LogP) is 2.46. The van der Waals surface area contributed by atoms with E-state index in [1.807, 2.05) is 17.2 Å². The number of carbonyl (C=O) groups is 2. The number of fused-ring (bicyclic) bond motifs is 1. The van der Waals surface area contributed by atoms with E-state index < -0.39 is 12.3 Å². The Labute approximate surface area is 194 Å². The number of aromatic nitrogens is 2. The molecule has 33 heavy (non-hydrogen) atoms. The highest BCUT2D eigenvalue weighted by Crippen LogP contribution is 2.38. The van der Waals surface area contributed by atoms with Gasteiger partial charge in [-0.05, 0) is 74.9 Å². The maximum atomic E-state index is 12.3. The van der Waals surface area contributed by atoms with E-state index in [0.717, 1.165) is 43.6 Å². The van der Waals surface area contributed by atoms with Crippen molar-refractivity contribution in [2.45, 2.75) is 76.8 Å². The summed E-state index contributed by atoms with van der Waals surface area (Å²) in [6, 6.07) is 8.41. The van der Waals surface area contributed by atoms with Crippen molar-refractivity contribution in [1.29, 1.82) is 0 Å². The van der Waals surface area contributed by atoms with Gasteiger partial charge in [0.1, 0.15) is 6.23 Å². The summed E-state index contributed by atoms with van der Waals surface area (Å²) < 4.78 is 2.10. The molecule has 0 spiro atoms.